The molecule has 0 spiro atoms. The molecule has 2 aliphatic rings. The summed E-state index contributed by atoms with van der Waals surface area (Å²) >= 11 is 0. The largest absolute Gasteiger partial charge is 0.486 e. The van der Waals surface area contributed by atoms with Gasteiger partial charge in [0.2, 0.25) is 0 Å². The van der Waals surface area contributed by atoms with Gasteiger partial charge in [0.1, 0.15) is 12.7 Å². The first-order valence-corrected chi connectivity index (χ1v) is 7.01. The van der Waals surface area contributed by atoms with Crippen LogP contribution in [-0.2, 0) is 0 Å². The summed E-state index contributed by atoms with van der Waals surface area (Å²) in [5, 5.41) is 9.62. The molecule has 1 aromatic rings. The van der Waals surface area contributed by atoms with Crippen molar-refractivity contribution in [3.05, 3.63) is 24.3 Å². The average molecular weight is 263 g/mol. The van der Waals surface area contributed by atoms with E-state index < -0.39 is 0 Å². The normalized spacial score (nSPS) is 28.3. The summed E-state index contributed by atoms with van der Waals surface area (Å²) in [5.41, 5.74) is 0. The number of para-hydroxylation sites is 2. The van der Waals surface area contributed by atoms with Crippen molar-refractivity contribution in [3.8, 4) is 11.5 Å². The smallest absolute Gasteiger partial charge is 0.161 e. The Hall–Kier alpha value is -1.26. The molecular formula is C15H21NO3. The van der Waals surface area contributed by atoms with Crippen LogP contribution in [0.2, 0.25) is 0 Å². The van der Waals surface area contributed by atoms with E-state index in [0.29, 0.717) is 12.5 Å². The maximum absolute atomic E-state index is 9.62. The zero-order valence-electron chi connectivity index (χ0n) is 11.3. The van der Waals surface area contributed by atoms with Crippen molar-refractivity contribution in [2.45, 2.75) is 25.6 Å². The molecule has 1 aromatic carbocycles. The van der Waals surface area contributed by atoms with Gasteiger partial charge in [0, 0.05) is 13.1 Å². The molecule has 2 aliphatic heterocycles. The van der Waals surface area contributed by atoms with Crippen LogP contribution in [0.25, 0.3) is 0 Å². The molecule has 0 saturated carbocycles. The highest BCUT2D eigenvalue weighted by molar-refractivity contribution is 5.40. The lowest BCUT2D eigenvalue weighted by Gasteiger charge is -2.29. The Morgan fingerprint density at radius 3 is 2.89 bits per heavy atom. The van der Waals surface area contributed by atoms with Crippen molar-refractivity contribution >= 4 is 0 Å². The van der Waals surface area contributed by atoms with E-state index in [1.165, 1.54) is 0 Å². The molecule has 1 saturated heterocycles. The molecule has 104 valence electrons. The minimum absolute atomic E-state index is 0.0858. The van der Waals surface area contributed by atoms with Crippen molar-refractivity contribution in [2.75, 3.05) is 26.2 Å². The third-order valence-electron chi connectivity index (χ3n) is 4.02. The zero-order chi connectivity index (χ0) is 13.2. The number of hydrogen-bond acceptors (Lipinski definition) is 4. The van der Waals surface area contributed by atoms with Crippen LogP contribution in [0.5, 0.6) is 11.5 Å². The quantitative estimate of drug-likeness (QED) is 0.898. The summed E-state index contributed by atoms with van der Waals surface area (Å²) in [6.45, 7) is 5.35. The lowest BCUT2D eigenvalue weighted by molar-refractivity contribution is 0.0605. The fraction of sp³-hybridized carbons (Fsp3) is 0.600. The predicted molar refractivity (Wildman–Crippen MR) is 72.6 cm³/mol. The van der Waals surface area contributed by atoms with E-state index in [9.17, 15) is 5.11 Å². The van der Waals surface area contributed by atoms with Crippen molar-refractivity contribution < 1.29 is 14.6 Å². The first-order valence-electron chi connectivity index (χ1n) is 7.01. The van der Waals surface area contributed by atoms with E-state index in [1.54, 1.807) is 0 Å². The van der Waals surface area contributed by atoms with Gasteiger partial charge in [-0.3, -0.25) is 4.90 Å². The highest BCUT2D eigenvalue weighted by atomic mass is 16.6. The van der Waals surface area contributed by atoms with Crippen molar-refractivity contribution in [3.63, 3.8) is 0 Å². The van der Waals surface area contributed by atoms with Crippen LogP contribution in [0.4, 0.5) is 0 Å². The second-order valence-corrected chi connectivity index (χ2v) is 5.55. The van der Waals surface area contributed by atoms with Gasteiger partial charge in [-0.15, -0.1) is 0 Å². The summed E-state index contributed by atoms with van der Waals surface area (Å²) in [7, 11) is 0. The van der Waals surface area contributed by atoms with Gasteiger partial charge in [0.05, 0.1) is 6.10 Å². The number of aliphatic hydroxyl groups excluding tert-OH is 1. The SMILES string of the molecule is CC(O)C1CCN(CC2COc3ccccc3O2)C1. The molecule has 1 fully saturated rings. The molecule has 1 N–H and O–H groups in total. The topological polar surface area (TPSA) is 41.9 Å². The number of hydrogen-bond donors (Lipinski definition) is 1. The molecule has 0 aromatic heterocycles. The molecule has 0 bridgehead atoms. The Kier molecular flexibility index (Phi) is 3.62. The van der Waals surface area contributed by atoms with Crippen LogP contribution in [0.1, 0.15) is 13.3 Å². The fourth-order valence-electron chi connectivity index (χ4n) is 2.86. The number of likely N-dealkylation sites (tertiary alicyclic amines) is 1. The van der Waals surface area contributed by atoms with E-state index in [4.69, 9.17) is 9.47 Å². The van der Waals surface area contributed by atoms with Gasteiger partial charge in [-0.05, 0) is 37.9 Å². The summed E-state index contributed by atoms with van der Waals surface area (Å²) < 4.78 is 11.7. The van der Waals surface area contributed by atoms with Crippen molar-refractivity contribution in [2.24, 2.45) is 5.92 Å². The molecule has 0 radical (unpaired) electrons. The molecule has 19 heavy (non-hydrogen) atoms. The van der Waals surface area contributed by atoms with Gasteiger partial charge in [0.25, 0.3) is 0 Å². The van der Waals surface area contributed by atoms with Crippen LogP contribution < -0.4 is 9.47 Å². The molecule has 4 heteroatoms. The van der Waals surface area contributed by atoms with Crippen LogP contribution >= 0.6 is 0 Å². The molecular weight excluding hydrogens is 242 g/mol. The molecule has 0 amide bonds. The van der Waals surface area contributed by atoms with E-state index in [-0.39, 0.29) is 12.2 Å². The molecule has 3 rings (SSSR count). The van der Waals surface area contributed by atoms with Crippen molar-refractivity contribution in [1.29, 1.82) is 0 Å². The summed E-state index contributed by atoms with van der Waals surface area (Å²) in [5.74, 6) is 2.07. The summed E-state index contributed by atoms with van der Waals surface area (Å²) in [6, 6.07) is 7.80. The first-order chi connectivity index (χ1) is 9.22. The minimum atomic E-state index is -0.214. The third-order valence-corrected chi connectivity index (χ3v) is 4.02. The van der Waals surface area contributed by atoms with Gasteiger partial charge in [-0.25, -0.2) is 0 Å². The third kappa shape index (κ3) is 2.85. The zero-order valence-corrected chi connectivity index (χ0v) is 11.3. The molecule has 2 heterocycles. The van der Waals surface area contributed by atoms with E-state index in [2.05, 4.69) is 4.90 Å². The Labute approximate surface area is 113 Å². The number of aliphatic hydroxyl groups is 1. The summed E-state index contributed by atoms with van der Waals surface area (Å²) in [4.78, 5) is 2.36. The second kappa shape index (κ2) is 5.39. The predicted octanol–water partition coefficient (Wildman–Crippen LogP) is 1.53. The number of nitrogens with zero attached hydrogens (tertiary/aromatic N) is 1. The molecule has 3 unspecified atom stereocenters. The van der Waals surface area contributed by atoms with Gasteiger partial charge in [-0.1, -0.05) is 12.1 Å². The Morgan fingerprint density at radius 1 is 1.37 bits per heavy atom. The highest BCUT2D eigenvalue weighted by Gasteiger charge is 2.29. The number of fused-ring (bicyclic) bond motifs is 1. The fourth-order valence-corrected chi connectivity index (χ4v) is 2.86. The van der Waals surface area contributed by atoms with Crippen LogP contribution in [-0.4, -0.2) is 48.5 Å². The Bertz CT molecular complexity index is 435. The average Bonchev–Trinajstić information content (AvgIpc) is 2.87. The van der Waals surface area contributed by atoms with Gasteiger partial charge in [-0.2, -0.15) is 0 Å². The number of ether oxygens (including phenoxy) is 2. The highest BCUT2D eigenvalue weighted by Crippen LogP contribution is 2.31. The lowest BCUT2D eigenvalue weighted by atomic mass is 10.0. The van der Waals surface area contributed by atoms with E-state index in [0.717, 1.165) is 37.6 Å². The van der Waals surface area contributed by atoms with Crippen molar-refractivity contribution in [1.82, 2.24) is 4.90 Å². The van der Waals surface area contributed by atoms with Crippen LogP contribution in [0.3, 0.4) is 0 Å². The molecule has 4 nitrogen and oxygen atoms in total. The van der Waals surface area contributed by atoms with E-state index >= 15 is 0 Å². The van der Waals surface area contributed by atoms with Gasteiger partial charge >= 0.3 is 0 Å². The minimum Gasteiger partial charge on any atom is -0.486 e. The van der Waals surface area contributed by atoms with E-state index in [1.807, 2.05) is 31.2 Å². The molecule has 0 aliphatic carbocycles. The van der Waals surface area contributed by atoms with Gasteiger partial charge in [0.15, 0.2) is 11.5 Å². The second-order valence-electron chi connectivity index (χ2n) is 5.55. The standard InChI is InChI=1S/C15H21NO3/c1-11(17)12-6-7-16(8-12)9-13-10-18-14-4-2-3-5-15(14)19-13/h2-5,11-13,17H,6-10H2,1H3. The molecule has 3 atom stereocenters. The maximum Gasteiger partial charge on any atom is 0.161 e. The Balaban J connectivity index is 1.55. The Morgan fingerprint density at radius 2 is 2.16 bits per heavy atom. The van der Waals surface area contributed by atoms with Gasteiger partial charge < -0.3 is 14.6 Å². The monoisotopic (exact) mass is 263 g/mol. The van der Waals surface area contributed by atoms with Crippen LogP contribution in [0, 0.1) is 5.92 Å². The maximum atomic E-state index is 9.62. The summed E-state index contributed by atoms with van der Waals surface area (Å²) in [6.07, 6.45) is 0.943. The number of benzene rings is 1. The lowest BCUT2D eigenvalue weighted by Crippen LogP contribution is -2.40. The van der Waals surface area contributed by atoms with Crippen LogP contribution in [0.15, 0.2) is 24.3 Å². The number of rotatable bonds is 3. The first kappa shape index (κ1) is 12.8.